The van der Waals surface area contributed by atoms with Crippen LogP contribution in [0, 0.1) is 0 Å². The molecule has 2 amide bonds. The van der Waals surface area contributed by atoms with E-state index in [-0.39, 0.29) is 6.03 Å². The second-order valence-electron chi connectivity index (χ2n) is 5.91. The van der Waals surface area contributed by atoms with Gasteiger partial charge >= 0.3 is 6.03 Å². The maximum atomic E-state index is 12.2. The average Bonchev–Trinajstić information content (AvgIpc) is 3.14. The molecule has 2 aromatic carbocycles. The molecule has 0 atom stereocenters. The molecule has 0 aliphatic carbocycles. The van der Waals surface area contributed by atoms with Crippen LogP contribution in [0.1, 0.15) is 0 Å². The first kappa shape index (κ1) is 17.3. The lowest BCUT2D eigenvalue weighted by Gasteiger charge is -2.09. The van der Waals surface area contributed by atoms with Gasteiger partial charge in [-0.3, -0.25) is 0 Å². The topological polar surface area (TPSA) is 120 Å². The highest BCUT2D eigenvalue weighted by molar-refractivity contribution is 5.99. The number of amides is 2. The largest absolute Gasteiger partial charge is 0.497 e. The van der Waals surface area contributed by atoms with Gasteiger partial charge in [0.15, 0.2) is 5.65 Å². The molecule has 140 valence electrons. The minimum atomic E-state index is -0.356. The standard InChI is InChI=1S/C19H17N7O2/c1-28-15-4-2-3-13(9-15)25-19(27)24-12-5-7-14(8-6-12)26-18-16(10-23-26)17(20)21-11-22-18/h2-11H,1H3,(H2,20,21,22)(H2,24,25,27). The summed E-state index contributed by atoms with van der Waals surface area (Å²) in [6.07, 6.45) is 3.02. The Hall–Kier alpha value is -4.14. The van der Waals surface area contributed by atoms with Gasteiger partial charge in [-0.2, -0.15) is 5.10 Å². The molecule has 0 spiro atoms. The molecule has 4 aromatic rings. The lowest BCUT2D eigenvalue weighted by Crippen LogP contribution is -2.19. The van der Waals surface area contributed by atoms with Crippen molar-refractivity contribution in [3.63, 3.8) is 0 Å². The molecule has 4 N–H and O–H groups in total. The fourth-order valence-corrected chi connectivity index (χ4v) is 2.73. The number of urea groups is 1. The molecule has 2 aromatic heterocycles. The number of carbonyl (C=O) groups excluding carboxylic acids is 1. The van der Waals surface area contributed by atoms with E-state index in [1.54, 1.807) is 54.4 Å². The Bertz CT molecular complexity index is 1140. The van der Waals surface area contributed by atoms with Crippen molar-refractivity contribution in [3.8, 4) is 11.4 Å². The molecule has 0 fully saturated rings. The van der Waals surface area contributed by atoms with Crippen LogP contribution in [0.5, 0.6) is 5.75 Å². The number of anilines is 3. The zero-order chi connectivity index (χ0) is 19.5. The zero-order valence-corrected chi connectivity index (χ0v) is 15.0. The van der Waals surface area contributed by atoms with Crippen LogP contribution in [-0.2, 0) is 0 Å². The monoisotopic (exact) mass is 375 g/mol. The molecule has 2 heterocycles. The van der Waals surface area contributed by atoms with Gasteiger partial charge in [0.2, 0.25) is 0 Å². The fourth-order valence-electron chi connectivity index (χ4n) is 2.73. The van der Waals surface area contributed by atoms with E-state index in [1.807, 2.05) is 12.1 Å². The Morgan fingerprint density at radius 3 is 2.64 bits per heavy atom. The van der Waals surface area contributed by atoms with Crippen molar-refractivity contribution in [2.24, 2.45) is 0 Å². The highest BCUT2D eigenvalue weighted by atomic mass is 16.5. The van der Waals surface area contributed by atoms with E-state index < -0.39 is 0 Å². The van der Waals surface area contributed by atoms with E-state index >= 15 is 0 Å². The smallest absolute Gasteiger partial charge is 0.323 e. The van der Waals surface area contributed by atoms with Crippen molar-refractivity contribution in [2.75, 3.05) is 23.5 Å². The molecular weight excluding hydrogens is 358 g/mol. The van der Waals surface area contributed by atoms with Crippen LogP contribution >= 0.6 is 0 Å². The molecule has 0 bridgehead atoms. The van der Waals surface area contributed by atoms with Gasteiger partial charge in [0.1, 0.15) is 17.9 Å². The number of fused-ring (bicyclic) bond motifs is 1. The Balaban J connectivity index is 1.48. The maximum absolute atomic E-state index is 12.2. The van der Waals surface area contributed by atoms with E-state index in [1.165, 1.54) is 6.33 Å². The Morgan fingerprint density at radius 1 is 1.07 bits per heavy atom. The Kier molecular flexibility index (Phi) is 4.47. The van der Waals surface area contributed by atoms with Gasteiger partial charge in [-0.1, -0.05) is 6.07 Å². The number of rotatable bonds is 4. The molecule has 9 nitrogen and oxygen atoms in total. The lowest BCUT2D eigenvalue weighted by molar-refractivity contribution is 0.262. The van der Waals surface area contributed by atoms with E-state index in [2.05, 4.69) is 25.7 Å². The normalized spacial score (nSPS) is 10.6. The quantitative estimate of drug-likeness (QED) is 0.504. The summed E-state index contributed by atoms with van der Waals surface area (Å²) in [5.74, 6) is 1.04. The van der Waals surface area contributed by atoms with Crippen molar-refractivity contribution < 1.29 is 9.53 Å². The predicted octanol–water partition coefficient (Wildman–Crippen LogP) is 3.05. The van der Waals surface area contributed by atoms with Gasteiger partial charge < -0.3 is 21.1 Å². The molecule has 0 radical (unpaired) electrons. The third-order valence-corrected chi connectivity index (χ3v) is 4.09. The van der Waals surface area contributed by atoms with Crippen LogP contribution in [0.3, 0.4) is 0 Å². The number of ether oxygens (including phenoxy) is 1. The first-order valence-corrected chi connectivity index (χ1v) is 8.41. The first-order valence-electron chi connectivity index (χ1n) is 8.41. The van der Waals surface area contributed by atoms with Crippen molar-refractivity contribution in [3.05, 3.63) is 61.1 Å². The van der Waals surface area contributed by atoms with Gasteiger partial charge in [-0.05, 0) is 36.4 Å². The minimum Gasteiger partial charge on any atom is -0.497 e. The molecule has 28 heavy (non-hydrogen) atoms. The highest BCUT2D eigenvalue weighted by Crippen LogP contribution is 2.21. The average molecular weight is 375 g/mol. The summed E-state index contributed by atoms with van der Waals surface area (Å²) < 4.78 is 6.80. The van der Waals surface area contributed by atoms with Gasteiger partial charge in [0.25, 0.3) is 0 Å². The lowest BCUT2D eigenvalue weighted by atomic mass is 10.2. The van der Waals surface area contributed by atoms with Crippen molar-refractivity contribution in [2.45, 2.75) is 0 Å². The zero-order valence-electron chi connectivity index (χ0n) is 15.0. The summed E-state index contributed by atoms with van der Waals surface area (Å²) >= 11 is 0. The van der Waals surface area contributed by atoms with Crippen molar-refractivity contribution in [1.29, 1.82) is 0 Å². The summed E-state index contributed by atoms with van der Waals surface area (Å²) in [4.78, 5) is 20.4. The highest BCUT2D eigenvalue weighted by Gasteiger charge is 2.10. The van der Waals surface area contributed by atoms with Gasteiger partial charge in [0.05, 0.1) is 24.4 Å². The fraction of sp³-hybridized carbons (Fsp3) is 0.0526. The number of nitrogens with one attached hydrogen (secondary N) is 2. The number of methoxy groups -OCH3 is 1. The number of carbonyl (C=O) groups is 1. The van der Waals surface area contributed by atoms with Crippen LogP contribution in [0.4, 0.5) is 22.0 Å². The van der Waals surface area contributed by atoms with Gasteiger partial charge in [-0.25, -0.2) is 19.4 Å². The number of nitrogen functional groups attached to an aromatic ring is 1. The summed E-state index contributed by atoms with van der Waals surface area (Å²) in [6, 6.07) is 14.0. The van der Waals surface area contributed by atoms with Crippen molar-refractivity contribution >= 4 is 34.3 Å². The van der Waals surface area contributed by atoms with E-state index in [9.17, 15) is 4.79 Å². The summed E-state index contributed by atoms with van der Waals surface area (Å²) in [7, 11) is 1.57. The number of benzene rings is 2. The van der Waals surface area contributed by atoms with E-state index in [0.717, 1.165) is 5.69 Å². The number of aromatic nitrogens is 4. The molecule has 4 rings (SSSR count). The maximum Gasteiger partial charge on any atom is 0.323 e. The van der Waals surface area contributed by atoms with Crippen molar-refractivity contribution in [1.82, 2.24) is 19.7 Å². The first-order chi connectivity index (χ1) is 13.6. The molecule has 0 unspecified atom stereocenters. The summed E-state index contributed by atoms with van der Waals surface area (Å²) in [5.41, 5.74) is 8.51. The predicted molar refractivity (Wildman–Crippen MR) is 107 cm³/mol. The third kappa shape index (κ3) is 3.40. The minimum absolute atomic E-state index is 0.356. The second kappa shape index (κ2) is 7.23. The molecule has 9 heteroatoms. The van der Waals surface area contributed by atoms with Crippen LogP contribution in [0.2, 0.25) is 0 Å². The Morgan fingerprint density at radius 2 is 1.86 bits per heavy atom. The van der Waals surface area contributed by atoms with E-state index in [4.69, 9.17) is 10.5 Å². The summed E-state index contributed by atoms with van der Waals surface area (Å²) in [6.45, 7) is 0. The molecule has 0 saturated heterocycles. The van der Waals surface area contributed by atoms with E-state index in [0.29, 0.717) is 34.0 Å². The number of hydrogen-bond acceptors (Lipinski definition) is 6. The SMILES string of the molecule is COc1cccc(NC(=O)Nc2ccc(-n3ncc4c(N)ncnc43)cc2)c1. The number of hydrogen-bond donors (Lipinski definition) is 3. The van der Waals surface area contributed by atoms with Gasteiger partial charge in [-0.15, -0.1) is 0 Å². The van der Waals surface area contributed by atoms with Gasteiger partial charge in [0, 0.05) is 17.4 Å². The molecule has 0 aliphatic heterocycles. The number of nitrogens with zero attached hydrogens (tertiary/aromatic N) is 4. The Labute approximate surface area is 160 Å². The molecule has 0 aliphatic rings. The van der Waals surface area contributed by atoms with Crippen LogP contribution in [0.25, 0.3) is 16.7 Å². The summed E-state index contributed by atoms with van der Waals surface area (Å²) in [5, 5.41) is 10.5. The van der Waals surface area contributed by atoms with Crippen LogP contribution in [-0.4, -0.2) is 32.9 Å². The second-order valence-corrected chi connectivity index (χ2v) is 5.91. The van der Waals surface area contributed by atoms with Crippen LogP contribution in [0.15, 0.2) is 61.1 Å². The molecule has 0 saturated carbocycles. The molecular formula is C19H17N7O2. The van der Waals surface area contributed by atoms with Crippen LogP contribution < -0.4 is 21.1 Å². The number of nitrogens with two attached hydrogens (primary N) is 1. The third-order valence-electron chi connectivity index (χ3n) is 4.09.